The van der Waals surface area contributed by atoms with Crippen molar-refractivity contribution in [2.75, 3.05) is 0 Å². The highest BCUT2D eigenvalue weighted by molar-refractivity contribution is 7.85. The molecule has 0 bridgehead atoms. The Hall–Kier alpha value is -5.31. The van der Waals surface area contributed by atoms with Crippen LogP contribution in [0.4, 0.5) is 0 Å². The molecular formula is C38H25N2O2P. The maximum Gasteiger partial charge on any atom is 0.227 e. The Balaban J connectivity index is 1.32. The van der Waals surface area contributed by atoms with Crippen LogP contribution >= 0.6 is 7.14 Å². The lowest BCUT2D eigenvalue weighted by Gasteiger charge is -2.20. The minimum absolute atomic E-state index is 0.590. The number of benzene rings is 6. The molecular weight excluding hydrogens is 547 g/mol. The molecule has 0 unspecified atom stereocenters. The molecule has 0 N–H and O–H groups in total. The average molecular weight is 573 g/mol. The van der Waals surface area contributed by atoms with E-state index in [-0.39, 0.29) is 0 Å². The normalized spacial score (nSPS) is 11.8. The van der Waals surface area contributed by atoms with Gasteiger partial charge in [0.15, 0.2) is 12.7 Å². The highest BCUT2D eigenvalue weighted by Crippen LogP contribution is 2.43. The molecule has 2 aromatic heterocycles. The Kier molecular flexibility index (Phi) is 6.03. The van der Waals surface area contributed by atoms with Crippen molar-refractivity contribution in [1.29, 1.82) is 0 Å². The lowest BCUT2D eigenvalue weighted by atomic mass is 9.99. The first-order chi connectivity index (χ1) is 21.2. The second-order valence-electron chi connectivity index (χ2n) is 10.5. The number of pyridine rings is 1. The molecule has 8 rings (SSSR count). The number of para-hydroxylation sites is 1. The van der Waals surface area contributed by atoms with E-state index in [1.807, 2.05) is 140 Å². The smallest absolute Gasteiger partial charge is 0.227 e. The molecule has 0 radical (unpaired) electrons. The summed E-state index contributed by atoms with van der Waals surface area (Å²) in [7, 11) is -3.08. The molecule has 0 fully saturated rings. The number of aromatic nitrogens is 2. The van der Waals surface area contributed by atoms with Gasteiger partial charge < -0.3 is 8.98 Å². The standard InChI is InChI=1S/C38H25N2O2P/c41-43(28-14-6-2-7-15-28,29-16-8-3-9-17-29)30-22-20-26(21-23-30)36-32-24-25-34-37(35(32)31-18-10-11-19-33(31)39-36)40-38(42-34)27-12-4-1-5-13-27/h1-25H. The van der Waals surface area contributed by atoms with E-state index in [1.54, 1.807) is 0 Å². The largest absolute Gasteiger partial charge is 0.436 e. The van der Waals surface area contributed by atoms with Gasteiger partial charge in [-0.05, 0) is 30.3 Å². The third-order valence-corrected chi connectivity index (χ3v) is 11.1. The molecule has 0 amide bonds. The monoisotopic (exact) mass is 572 g/mol. The summed E-state index contributed by atoms with van der Waals surface area (Å²) >= 11 is 0. The second kappa shape index (κ2) is 10.2. The van der Waals surface area contributed by atoms with Crippen molar-refractivity contribution in [2.24, 2.45) is 0 Å². The zero-order valence-corrected chi connectivity index (χ0v) is 24.0. The topological polar surface area (TPSA) is 56.0 Å². The summed E-state index contributed by atoms with van der Waals surface area (Å²) in [5.74, 6) is 0.590. The molecule has 5 heteroatoms. The van der Waals surface area contributed by atoms with Crippen LogP contribution < -0.4 is 15.9 Å². The van der Waals surface area contributed by atoms with Crippen LogP contribution in [0.5, 0.6) is 0 Å². The van der Waals surface area contributed by atoms with E-state index >= 15 is 0 Å². The van der Waals surface area contributed by atoms with E-state index in [1.165, 1.54) is 0 Å². The number of hydrogen-bond donors (Lipinski definition) is 0. The van der Waals surface area contributed by atoms with E-state index in [9.17, 15) is 4.57 Å². The molecule has 0 aliphatic heterocycles. The van der Waals surface area contributed by atoms with Crippen molar-refractivity contribution in [3.63, 3.8) is 0 Å². The molecule has 0 aliphatic rings. The van der Waals surface area contributed by atoms with Gasteiger partial charge in [0.2, 0.25) is 5.89 Å². The van der Waals surface area contributed by atoms with Crippen LogP contribution in [-0.4, -0.2) is 9.97 Å². The van der Waals surface area contributed by atoms with Crippen LogP contribution in [0.2, 0.25) is 0 Å². The number of fused-ring (bicyclic) bond motifs is 5. The molecule has 0 atom stereocenters. The average Bonchev–Trinajstić information content (AvgIpc) is 3.54. The molecule has 0 aliphatic carbocycles. The van der Waals surface area contributed by atoms with Crippen LogP contribution in [0.1, 0.15) is 0 Å². The summed E-state index contributed by atoms with van der Waals surface area (Å²) in [6.45, 7) is 0. The van der Waals surface area contributed by atoms with Gasteiger partial charge in [0, 0.05) is 43.2 Å². The van der Waals surface area contributed by atoms with Crippen LogP contribution in [0.15, 0.2) is 156 Å². The lowest BCUT2D eigenvalue weighted by molar-refractivity contribution is 0.592. The van der Waals surface area contributed by atoms with E-state index in [0.717, 1.165) is 65.5 Å². The minimum atomic E-state index is -3.08. The van der Waals surface area contributed by atoms with Gasteiger partial charge in [0.1, 0.15) is 5.52 Å². The first-order valence-corrected chi connectivity index (χ1v) is 15.9. The van der Waals surface area contributed by atoms with Gasteiger partial charge in [0.25, 0.3) is 0 Å². The van der Waals surface area contributed by atoms with Gasteiger partial charge in [0.05, 0.1) is 11.2 Å². The summed E-state index contributed by atoms with van der Waals surface area (Å²) < 4.78 is 21.1. The first kappa shape index (κ1) is 25.4. The summed E-state index contributed by atoms with van der Waals surface area (Å²) in [5, 5.41) is 5.42. The highest BCUT2D eigenvalue weighted by Gasteiger charge is 2.29. The fraction of sp³-hybridized carbons (Fsp3) is 0. The van der Waals surface area contributed by atoms with Crippen LogP contribution in [0.25, 0.3) is 55.5 Å². The highest BCUT2D eigenvalue weighted by atomic mass is 31.2. The molecule has 43 heavy (non-hydrogen) atoms. The molecule has 204 valence electrons. The summed E-state index contributed by atoms with van der Waals surface area (Å²) in [5.41, 5.74) is 5.15. The van der Waals surface area contributed by atoms with Gasteiger partial charge in [-0.2, -0.15) is 0 Å². The van der Waals surface area contributed by atoms with Crippen molar-refractivity contribution in [3.05, 3.63) is 152 Å². The van der Waals surface area contributed by atoms with Crippen LogP contribution in [0, 0.1) is 0 Å². The summed E-state index contributed by atoms with van der Waals surface area (Å²) in [4.78, 5) is 10.1. The summed E-state index contributed by atoms with van der Waals surface area (Å²) in [6, 6.07) is 49.7. The van der Waals surface area contributed by atoms with E-state index < -0.39 is 7.14 Å². The predicted octanol–water partition coefficient (Wildman–Crippen LogP) is 8.50. The van der Waals surface area contributed by atoms with Gasteiger partial charge in [-0.3, -0.25) is 0 Å². The zero-order chi connectivity index (χ0) is 28.8. The molecule has 0 saturated carbocycles. The molecule has 2 heterocycles. The molecule has 0 saturated heterocycles. The van der Waals surface area contributed by atoms with Crippen LogP contribution in [-0.2, 0) is 4.57 Å². The van der Waals surface area contributed by atoms with Gasteiger partial charge >= 0.3 is 0 Å². The maximum absolute atomic E-state index is 14.9. The molecule has 0 spiro atoms. The predicted molar refractivity (Wildman–Crippen MR) is 177 cm³/mol. The first-order valence-electron chi connectivity index (χ1n) is 14.2. The van der Waals surface area contributed by atoms with Gasteiger partial charge in [-0.1, -0.05) is 121 Å². The Bertz CT molecular complexity index is 2250. The molecule has 6 aromatic carbocycles. The van der Waals surface area contributed by atoms with E-state index in [2.05, 4.69) is 12.1 Å². The quantitative estimate of drug-likeness (QED) is 0.153. The van der Waals surface area contributed by atoms with Crippen molar-refractivity contribution in [2.45, 2.75) is 0 Å². The fourth-order valence-corrected chi connectivity index (χ4v) is 8.55. The van der Waals surface area contributed by atoms with Gasteiger partial charge in [-0.25, -0.2) is 9.97 Å². The Morgan fingerprint density at radius 2 is 1.07 bits per heavy atom. The lowest BCUT2D eigenvalue weighted by Crippen LogP contribution is -2.24. The molecule has 8 aromatic rings. The molecule has 4 nitrogen and oxygen atoms in total. The fourth-order valence-electron chi connectivity index (χ4n) is 5.90. The zero-order valence-electron chi connectivity index (χ0n) is 23.1. The Labute approximate surface area is 248 Å². The van der Waals surface area contributed by atoms with Crippen molar-refractivity contribution >= 4 is 55.8 Å². The van der Waals surface area contributed by atoms with Crippen LogP contribution in [0.3, 0.4) is 0 Å². The number of hydrogen-bond acceptors (Lipinski definition) is 4. The van der Waals surface area contributed by atoms with E-state index in [0.29, 0.717) is 5.89 Å². The van der Waals surface area contributed by atoms with Crippen molar-refractivity contribution < 1.29 is 8.98 Å². The van der Waals surface area contributed by atoms with Crippen molar-refractivity contribution in [3.8, 4) is 22.7 Å². The maximum atomic E-state index is 14.9. The van der Waals surface area contributed by atoms with E-state index in [4.69, 9.17) is 14.4 Å². The minimum Gasteiger partial charge on any atom is -0.436 e. The van der Waals surface area contributed by atoms with Crippen molar-refractivity contribution in [1.82, 2.24) is 9.97 Å². The van der Waals surface area contributed by atoms with Gasteiger partial charge in [-0.15, -0.1) is 0 Å². The summed E-state index contributed by atoms with van der Waals surface area (Å²) in [6.07, 6.45) is 0. The Morgan fingerprint density at radius 1 is 0.488 bits per heavy atom. The third-order valence-electron chi connectivity index (χ3n) is 7.99. The number of rotatable bonds is 5. The number of nitrogens with zero attached hydrogens (tertiary/aromatic N) is 2. The third kappa shape index (κ3) is 4.19. The Morgan fingerprint density at radius 3 is 1.74 bits per heavy atom. The SMILES string of the molecule is O=P(c1ccccc1)(c1ccccc1)c1ccc(-c2nc3ccccc3c3c2ccc2oc(-c4ccccc4)nc23)cc1. The second-order valence-corrected chi connectivity index (χ2v) is 13.3. The number of oxazole rings is 1.